The van der Waals surface area contributed by atoms with Crippen LogP contribution in [-0.2, 0) is 6.54 Å². The average molecular weight is 367 g/mol. The molecule has 0 aliphatic heterocycles. The van der Waals surface area contributed by atoms with Crippen molar-refractivity contribution in [2.24, 2.45) is 11.7 Å². The number of nitrogens with zero attached hydrogens (tertiary/aromatic N) is 4. The molecule has 4 N–H and O–H groups in total. The van der Waals surface area contributed by atoms with Crippen molar-refractivity contribution in [1.29, 1.82) is 5.26 Å². The first-order valence-corrected chi connectivity index (χ1v) is 9.17. The van der Waals surface area contributed by atoms with E-state index in [0.29, 0.717) is 35.8 Å². The van der Waals surface area contributed by atoms with Gasteiger partial charge in [0.15, 0.2) is 0 Å². The van der Waals surface area contributed by atoms with Gasteiger partial charge in [-0.3, -0.25) is 4.98 Å². The minimum absolute atomic E-state index is 0.329. The molecular weight excluding hydrogens is 342 g/mol. The molecule has 3 rings (SSSR count). The van der Waals surface area contributed by atoms with E-state index in [1.807, 2.05) is 0 Å². The minimum Gasteiger partial charge on any atom is -0.496 e. The van der Waals surface area contributed by atoms with Gasteiger partial charge in [-0.2, -0.15) is 10.2 Å². The molecule has 0 spiro atoms. The molecule has 8 heteroatoms. The zero-order valence-corrected chi connectivity index (χ0v) is 15.5. The first kappa shape index (κ1) is 18.9. The standard InChI is InChI=1S/C19H25N7O/c1-27-17-6-7-22-10-15(17)12-25-19-24-11-14(8-20)18(26-19)23-9-13-2-4-16(21)5-3-13/h6-7,10-11,13,16H,2-5,9,12,21H2,1H3,(H2,23,24,25,26)/t13-,16-. The van der Waals surface area contributed by atoms with E-state index in [1.54, 1.807) is 25.6 Å². The molecule has 1 aliphatic rings. The zero-order chi connectivity index (χ0) is 19.1. The van der Waals surface area contributed by atoms with E-state index in [1.165, 1.54) is 6.20 Å². The van der Waals surface area contributed by atoms with Crippen LogP contribution in [0.5, 0.6) is 5.75 Å². The van der Waals surface area contributed by atoms with Crippen LogP contribution in [0.15, 0.2) is 24.7 Å². The third-order valence-corrected chi connectivity index (χ3v) is 4.87. The third kappa shape index (κ3) is 5.05. The SMILES string of the molecule is COc1ccncc1CNc1ncc(C#N)c(NC[C@H]2CC[C@H](N)CC2)n1. The Labute approximate surface area is 159 Å². The Balaban J connectivity index is 1.63. The molecule has 0 atom stereocenters. The molecule has 2 aromatic heterocycles. The molecule has 1 aliphatic carbocycles. The van der Waals surface area contributed by atoms with Crippen LogP contribution in [0, 0.1) is 17.2 Å². The summed E-state index contributed by atoms with van der Waals surface area (Å²) in [6.07, 6.45) is 9.28. The van der Waals surface area contributed by atoms with Crippen LogP contribution in [-0.4, -0.2) is 34.6 Å². The van der Waals surface area contributed by atoms with Crippen molar-refractivity contribution < 1.29 is 4.74 Å². The number of hydrogen-bond acceptors (Lipinski definition) is 8. The lowest BCUT2D eigenvalue weighted by atomic mass is 9.86. The van der Waals surface area contributed by atoms with Gasteiger partial charge in [-0.25, -0.2) is 4.98 Å². The smallest absolute Gasteiger partial charge is 0.224 e. The summed E-state index contributed by atoms with van der Waals surface area (Å²) in [5.41, 5.74) is 7.31. The molecule has 142 valence electrons. The molecule has 0 unspecified atom stereocenters. The van der Waals surface area contributed by atoms with Crippen LogP contribution >= 0.6 is 0 Å². The lowest BCUT2D eigenvalue weighted by Crippen LogP contribution is -2.29. The third-order valence-electron chi connectivity index (χ3n) is 4.87. The van der Waals surface area contributed by atoms with E-state index in [9.17, 15) is 5.26 Å². The Bertz CT molecular complexity index is 797. The molecule has 27 heavy (non-hydrogen) atoms. The second-order valence-corrected chi connectivity index (χ2v) is 6.77. The van der Waals surface area contributed by atoms with Crippen LogP contribution in [0.2, 0.25) is 0 Å². The summed E-state index contributed by atoms with van der Waals surface area (Å²) in [5, 5.41) is 15.8. The van der Waals surface area contributed by atoms with E-state index < -0.39 is 0 Å². The van der Waals surface area contributed by atoms with Gasteiger partial charge in [0.25, 0.3) is 0 Å². The fourth-order valence-corrected chi connectivity index (χ4v) is 3.24. The van der Waals surface area contributed by atoms with Gasteiger partial charge in [-0.05, 0) is 37.7 Å². The van der Waals surface area contributed by atoms with Crippen LogP contribution in [0.25, 0.3) is 0 Å². The topological polar surface area (TPSA) is 122 Å². The number of nitrogens with two attached hydrogens (primary N) is 1. The highest BCUT2D eigenvalue weighted by Gasteiger charge is 2.19. The number of rotatable bonds is 7. The Morgan fingerprint density at radius 2 is 2.07 bits per heavy atom. The minimum atomic E-state index is 0.329. The normalized spacial score (nSPS) is 19.1. The van der Waals surface area contributed by atoms with Gasteiger partial charge < -0.3 is 21.1 Å². The monoisotopic (exact) mass is 367 g/mol. The van der Waals surface area contributed by atoms with E-state index in [-0.39, 0.29) is 0 Å². The number of pyridine rings is 1. The van der Waals surface area contributed by atoms with Crippen molar-refractivity contribution in [1.82, 2.24) is 15.0 Å². The van der Waals surface area contributed by atoms with Crippen LogP contribution in [0.3, 0.4) is 0 Å². The van der Waals surface area contributed by atoms with Crippen molar-refractivity contribution >= 4 is 11.8 Å². The van der Waals surface area contributed by atoms with Gasteiger partial charge in [-0.15, -0.1) is 0 Å². The van der Waals surface area contributed by atoms with Crippen molar-refractivity contribution in [2.45, 2.75) is 38.3 Å². The summed E-state index contributed by atoms with van der Waals surface area (Å²) >= 11 is 0. The number of ether oxygens (including phenoxy) is 1. The van der Waals surface area contributed by atoms with E-state index in [2.05, 4.69) is 31.7 Å². The predicted octanol–water partition coefficient (Wildman–Crippen LogP) is 2.29. The van der Waals surface area contributed by atoms with E-state index >= 15 is 0 Å². The van der Waals surface area contributed by atoms with Crippen LogP contribution < -0.4 is 21.1 Å². The first-order chi connectivity index (χ1) is 13.2. The number of hydrogen-bond donors (Lipinski definition) is 3. The van der Waals surface area contributed by atoms with Gasteiger partial charge in [0.2, 0.25) is 5.95 Å². The molecule has 1 saturated carbocycles. The quantitative estimate of drug-likeness (QED) is 0.681. The van der Waals surface area contributed by atoms with Crippen LogP contribution in [0.1, 0.15) is 36.8 Å². The zero-order valence-electron chi connectivity index (χ0n) is 15.5. The van der Waals surface area contributed by atoms with E-state index in [4.69, 9.17) is 10.5 Å². The summed E-state index contributed by atoms with van der Waals surface area (Å²) in [5.74, 6) is 2.32. The predicted molar refractivity (Wildman–Crippen MR) is 103 cm³/mol. The highest BCUT2D eigenvalue weighted by Crippen LogP contribution is 2.24. The molecule has 0 amide bonds. The maximum atomic E-state index is 9.33. The molecule has 1 fully saturated rings. The Morgan fingerprint density at radius 1 is 1.26 bits per heavy atom. The molecule has 8 nitrogen and oxygen atoms in total. The number of methoxy groups -OCH3 is 1. The maximum absolute atomic E-state index is 9.33. The fourth-order valence-electron chi connectivity index (χ4n) is 3.24. The Morgan fingerprint density at radius 3 is 2.81 bits per heavy atom. The second-order valence-electron chi connectivity index (χ2n) is 6.77. The summed E-state index contributed by atoms with van der Waals surface area (Å²) in [7, 11) is 1.62. The van der Waals surface area contributed by atoms with Gasteiger partial charge in [0.1, 0.15) is 23.2 Å². The van der Waals surface area contributed by atoms with Crippen molar-refractivity contribution in [3.05, 3.63) is 35.8 Å². The highest BCUT2D eigenvalue weighted by atomic mass is 16.5. The molecular formula is C19H25N7O. The molecule has 0 aromatic carbocycles. The second kappa shape index (κ2) is 9.14. The lowest BCUT2D eigenvalue weighted by molar-refractivity contribution is 0.338. The highest BCUT2D eigenvalue weighted by molar-refractivity contribution is 5.53. The number of aromatic nitrogens is 3. The van der Waals surface area contributed by atoms with Crippen molar-refractivity contribution in [3.8, 4) is 11.8 Å². The van der Waals surface area contributed by atoms with Gasteiger partial charge in [-0.1, -0.05) is 0 Å². The first-order valence-electron chi connectivity index (χ1n) is 9.17. The lowest BCUT2D eigenvalue weighted by Gasteiger charge is -2.26. The fraction of sp³-hybridized carbons (Fsp3) is 0.474. The molecule has 0 bridgehead atoms. The number of nitrogens with one attached hydrogen (secondary N) is 2. The average Bonchev–Trinajstić information content (AvgIpc) is 2.72. The van der Waals surface area contributed by atoms with E-state index in [0.717, 1.165) is 43.5 Å². The summed E-state index contributed by atoms with van der Waals surface area (Å²) in [6, 6.07) is 4.28. The number of nitriles is 1. The summed E-state index contributed by atoms with van der Waals surface area (Å²) in [6.45, 7) is 1.26. The molecule has 0 saturated heterocycles. The van der Waals surface area contributed by atoms with Gasteiger partial charge in [0, 0.05) is 37.1 Å². The van der Waals surface area contributed by atoms with Crippen molar-refractivity contribution in [2.75, 3.05) is 24.3 Å². The summed E-state index contributed by atoms with van der Waals surface area (Å²) in [4.78, 5) is 12.8. The van der Waals surface area contributed by atoms with Gasteiger partial charge in [0.05, 0.1) is 13.3 Å². The Hall–Kier alpha value is -2.92. The number of anilines is 2. The van der Waals surface area contributed by atoms with Crippen LogP contribution in [0.4, 0.5) is 11.8 Å². The Kier molecular flexibility index (Phi) is 6.39. The largest absolute Gasteiger partial charge is 0.496 e. The maximum Gasteiger partial charge on any atom is 0.224 e. The van der Waals surface area contributed by atoms with Crippen molar-refractivity contribution in [3.63, 3.8) is 0 Å². The molecule has 2 heterocycles. The van der Waals surface area contributed by atoms with Gasteiger partial charge >= 0.3 is 0 Å². The summed E-state index contributed by atoms with van der Waals surface area (Å²) < 4.78 is 5.32. The molecule has 0 radical (unpaired) electrons. The molecule has 2 aromatic rings.